The number of para-hydroxylation sites is 1. The lowest BCUT2D eigenvalue weighted by atomic mass is 10.1. The van der Waals surface area contributed by atoms with Gasteiger partial charge in [0, 0.05) is 5.56 Å². The number of aliphatic hydroxyl groups excluding tert-OH is 1. The Morgan fingerprint density at radius 2 is 2.31 bits per heavy atom. The summed E-state index contributed by atoms with van der Waals surface area (Å²) in [6.45, 7) is 0.477. The van der Waals surface area contributed by atoms with Gasteiger partial charge in [-0.15, -0.1) is 0 Å². The van der Waals surface area contributed by atoms with Crippen LogP contribution >= 0.6 is 0 Å². The highest BCUT2D eigenvalue weighted by molar-refractivity contribution is 5.37. The summed E-state index contributed by atoms with van der Waals surface area (Å²) in [5.41, 5.74) is 0.567. The maximum Gasteiger partial charge on any atom is 0.165 e. The average Bonchev–Trinajstić information content (AvgIpc) is 2.30. The van der Waals surface area contributed by atoms with E-state index in [0.717, 1.165) is 6.42 Å². The molecule has 0 amide bonds. The number of halogens is 1. The van der Waals surface area contributed by atoms with Gasteiger partial charge in [-0.05, 0) is 18.9 Å². The third-order valence-corrected chi connectivity index (χ3v) is 2.22. The Labute approximate surface area is 76.0 Å². The van der Waals surface area contributed by atoms with Crippen LogP contribution in [0.4, 0.5) is 4.39 Å². The lowest BCUT2D eigenvalue weighted by Crippen LogP contribution is -1.98. The van der Waals surface area contributed by atoms with Crippen molar-refractivity contribution in [2.45, 2.75) is 18.9 Å². The summed E-state index contributed by atoms with van der Waals surface area (Å²) in [5.74, 6) is -0.175. The summed E-state index contributed by atoms with van der Waals surface area (Å²) < 4.78 is 18.4. The maximum absolute atomic E-state index is 13.2. The van der Waals surface area contributed by atoms with Gasteiger partial charge < -0.3 is 9.84 Å². The number of ether oxygens (including phenoxy) is 1. The first kappa shape index (κ1) is 8.51. The second kappa shape index (κ2) is 3.34. The Kier molecular flexibility index (Phi) is 2.19. The highest BCUT2D eigenvalue weighted by Gasteiger charge is 2.19. The minimum atomic E-state index is -0.590. The Bertz CT molecular complexity index is 312. The molecule has 70 valence electrons. The molecule has 1 atom stereocenters. The highest BCUT2D eigenvalue weighted by atomic mass is 19.1. The van der Waals surface area contributed by atoms with E-state index in [2.05, 4.69) is 0 Å². The predicted molar refractivity (Wildman–Crippen MR) is 46.1 cm³/mol. The molecule has 0 spiro atoms. The largest absolute Gasteiger partial charge is 0.490 e. The molecule has 0 saturated carbocycles. The van der Waals surface area contributed by atoms with Gasteiger partial charge in [-0.2, -0.15) is 0 Å². The summed E-state index contributed by atoms with van der Waals surface area (Å²) in [7, 11) is 0. The molecule has 0 bridgehead atoms. The first-order valence-electron chi connectivity index (χ1n) is 4.38. The first-order chi connectivity index (χ1) is 6.29. The molecule has 2 nitrogen and oxygen atoms in total. The van der Waals surface area contributed by atoms with Crippen LogP contribution in [0, 0.1) is 5.82 Å². The zero-order chi connectivity index (χ0) is 9.26. The van der Waals surface area contributed by atoms with Crippen molar-refractivity contribution in [3.8, 4) is 5.75 Å². The fraction of sp³-hybridized carbons (Fsp3) is 0.400. The molecule has 13 heavy (non-hydrogen) atoms. The van der Waals surface area contributed by atoms with Crippen LogP contribution in [0.3, 0.4) is 0 Å². The molecule has 1 aromatic carbocycles. The molecule has 1 heterocycles. The quantitative estimate of drug-likeness (QED) is 0.665. The minimum Gasteiger partial charge on any atom is -0.490 e. The molecule has 1 aliphatic heterocycles. The fourth-order valence-corrected chi connectivity index (χ4v) is 1.55. The number of hydrogen-bond acceptors (Lipinski definition) is 2. The van der Waals surface area contributed by atoms with Crippen LogP contribution < -0.4 is 4.74 Å². The van der Waals surface area contributed by atoms with Crippen molar-refractivity contribution >= 4 is 0 Å². The van der Waals surface area contributed by atoms with Crippen molar-refractivity contribution in [1.29, 1.82) is 0 Å². The van der Waals surface area contributed by atoms with Gasteiger partial charge in [0.1, 0.15) is 0 Å². The van der Waals surface area contributed by atoms with Crippen molar-refractivity contribution in [1.82, 2.24) is 0 Å². The number of rotatable bonds is 0. The second-order valence-electron chi connectivity index (χ2n) is 3.16. The highest BCUT2D eigenvalue weighted by Crippen LogP contribution is 2.32. The van der Waals surface area contributed by atoms with E-state index in [1.807, 2.05) is 0 Å². The molecule has 0 aromatic heterocycles. The van der Waals surface area contributed by atoms with Crippen molar-refractivity contribution in [2.75, 3.05) is 6.61 Å². The first-order valence-corrected chi connectivity index (χ1v) is 4.38. The molecular weight excluding hydrogens is 171 g/mol. The maximum atomic E-state index is 13.2. The van der Waals surface area contributed by atoms with Crippen LogP contribution in [0.15, 0.2) is 18.2 Å². The predicted octanol–water partition coefficient (Wildman–Crippen LogP) is 2.03. The Morgan fingerprint density at radius 1 is 1.46 bits per heavy atom. The van der Waals surface area contributed by atoms with E-state index in [-0.39, 0.29) is 5.75 Å². The molecule has 0 saturated heterocycles. The molecule has 0 aliphatic carbocycles. The van der Waals surface area contributed by atoms with E-state index in [4.69, 9.17) is 4.74 Å². The van der Waals surface area contributed by atoms with Gasteiger partial charge in [-0.1, -0.05) is 12.1 Å². The zero-order valence-electron chi connectivity index (χ0n) is 7.16. The van der Waals surface area contributed by atoms with Gasteiger partial charge >= 0.3 is 0 Å². The monoisotopic (exact) mass is 182 g/mol. The summed E-state index contributed by atoms with van der Waals surface area (Å²) in [6.07, 6.45) is 0.805. The van der Waals surface area contributed by atoms with Crippen LogP contribution in [0.25, 0.3) is 0 Å². The SMILES string of the molecule is O[C@@H]1CCCOc2c(F)cccc21. The summed E-state index contributed by atoms with van der Waals surface area (Å²) >= 11 is 0. The van der Waals surface area contributed by atoms with Gasteiger partial charge in [0.25, 0.3) is 0 Å². The lowest BCUT2D eigenvalue weighted by molar-refractivity contribution is 0.167. The van der Waals surface area contributed by atoms with E-state index < -0.39 is 11.9 Å². The molecule has 1 aliphatic rings. The summed E-state index contributed by atoms with van der Waals surface area (Å²) in [4.78, 5) is 0. The number of aliphatic hydroxyl groups is 1. The van der Waals surface area contributed by atoms with Gasteiger partial charge in [-0.3, -0.25) is 0 Å². The van der Waals surface area contributed by atoms with E-state index in [0.29, 0.717) is 18.6 Å². The number of benzene rings is 1. The van der Waals surface area contributed by atoms with Crippen LogP contribution in [0.2, 0.25) is 0 Å². The second-order valence-corrected chi connectivity index (χ2v) is 3.16. The fourth-order valence-electron chi connectivity index (χ4n) is 1.55. The molecule has 1 N–H and O–H groups in total. The van der Waals surface area contributed by atoms with Crippen molar-refractivity contribution < 1.29 is 14.2 Å². The van der Waals surface area contributed by atoms with Crippen LogP contribution in [-0.2, 0) is 0 Å². The van der Waals surface area contributed by atoms with Crippen LogP contribution in [0.1, 0.15) is 24.5 Å². The molecule has 0 fully saturated rings. The molecule has 0 unspecified atom stereocenters. The van der Waals surface area contributed by atoms with E-state index in [1.54, 1.807) is 12.1 Å². The molecule has 2 rings (SSSR count). The van der Waals surface area contributed by atoms with Crippen LogP contribution in [0.5, 0.6) is 5.75 Å². The van der Waals surface area contributed by atoms with E-state index >= 15 is 0 Å². The molecule has 3 heteroatoms. The number of hydrogen-bond donors (Lipinski definition) is 1. The lowest BCUT2D eigenvalue weighted by Gasteiger charge is -2.10. The topological polar surface area (TPSA) is 29.5 Å². The smallest absolute Gasteiger partial charge is 0.165 e. The van der Waals surface area contributed by atoms with Gasteiger partial charge in [-0.25, -0.2) is 4.39 Å². The Hall–Kier alpha value is -1.09. The Balaban J connectivity index is 2.47. The van der Waals surface area contributed by atoms with Crippen LogP contribution in [-0.4, -0.2) is 11.7 Å². The Morgan fingerprint density at radius 3 is 3.15 bits per heavy atom. The average molecular weight is 182 g/mol. The third-order valence-electron chi connectivity index (χ3n) is 2.22. The number of fused-ring (bicyclic) bond motifs is 1. The molecule has 1 aromatic rings. The van der Waals surface area contributed by atoms with Gasteiger partial charge in [0.15, 0.2) is 11.6 Å². The van der Waals surface area contributed by atoms with Crippen molar-refractivity contribution in [2.24, 2.45) is 0 Å². The van der Waals surface area contributed by atoms with Gasteiger partial charge in [0.2, 0.25) is 0 Å². The van der Waals surface area contributed by atoms with E-state index in [9.17, 15) is 9.50 Å². The molecule has 0 radical (unpaired) electrons. The summed E-state index contributed by atoms with van der Waals surface area (Å²) in [6, 6.07) is 4.64. The molecular formula is C10H11FO2. The standard InChI is InChI=1S/C10H11FO2/c11-8-4-1-3-7-9(12)5-2-6-13-10(7)8/h1,3-4,9,12H,2,5-6H2/t9-/m1/s1. The van der Waals surface area contributed by atoms with Gasteiger partial charge in [0.05, 0.1) is 12.7 Å². The van der Waals surface area contributed by atoms with Crippen molar-refractivity contribution in [3.63, 3.8) is 0 Å². The third kappa shape index (κ3) is 1.52. The van der Waals surface area contributed by atoms with Crippen molar-refractivity contribution in [3.05, 3.63) is 29.6 Å². The minimum absolute atomic E-state index is 0.215. The van der Waals surface area contributed by atoms with E-state index in [1.165, 1.54) is 6.07 Å². The normalized spacial score (nSPS) is 21.5. The summed E-state index contributed by atoms with van der Waals surface area (Å²) in [5, 5.41) is 9.62. The zero-order valence-corrected chi connectivity index (χ0v) is 7.16.